The molecule has 3 fully saturated rings. The van der Waals surface area contributed by atoms with Crippen LogP contribution in [0.3, 0.4) is 0 Å². The summed E-state index contributed by atoms with van der Waals surface area (Å²) in [6.45, 7) is 4.59. The van der Waals surface area contributed by atoms with Gasteiger partial charge in [-0.1, -0.05) is 31.4 Å². The molecule has 4 rings (SSSR count). The van der Waals surface area contributed by atoms with E-state index in [0.29, 0.717) is 23.2 Å². The van der Waals surface area contributed by atoms with Gasteiger partial charge in [-0.15, -0.1) is 6.42 Å². The molecule has 0 aromatic carbocycles. The second-order valence-electron chi connectivity index (χ2n) is 9.25. The Morgan fingerprint density at radius 2 is 1.96 bits per heavy atom. The van der Waals surface area contributed by atoms with Crippen LogP contribution in [0.1, 0.15) is 71.6 Å². The molecule has 0 aliphatic heterocycles. The van der Waals surface area contributed by atoms with Gasteiger partial charge >= 0.3 is 0 Å². The lowest BCUT2D eigenvalue weighted by Gasteiger charge is -2.59. The van der Waals surface area contributed by atoms with Crippen molar-refractivity contribution in [2.75, 3.05) is 0 Å². The summed E-state index contributed by atoms with van der Waals surface area (Å²) in [7, 11) is 0. The van der Waals surface area contributed by atoms with E-state index < -0.39 is 5.60 Å². The van der Waals surface area contributed by atoms with Crippen LogP contribution in [0, 0.1) is 40.9 Å². The third kappa shape index (κ3) is 1.92. The lowest BCUT2D eigenvalue weighted by atomic mass is 9.46. The number of aliphatic hydroxyl groups excluding tert-OH is 1. The molecule has 0 radical (unpaired) electrons. The fraction of sp³-hybridized carbons (Fsp3) is 0.818. The maximum absolute atomic E-state index is 11.0. The molecule has 0 aromatic rings. The molecule has 3 saturated carbocycles. The number of rotatable bonds is 1. The van der Waals surface area contributed by atoms with Crippen molar-refractivity contribution in [3.63, 3.8) is 0 Å². The first-order valence-corrected chi connectivity index (χ1v) is 9.98. The molecular weight excluding hydrogens is 296 g/mol. The smallest absolute Gasteiger partial charge is 0.130 e. The van der Waals surface area contributed by atoms with Crippen LogP contribution in [-0.4, -0.2) is 21.9 Å². The first-order chi connectivity index (χ1) is 11.4. The second-order valence-corrected chi connectivity index (χ2v) is 9.25. The van der Waals surface area contributed by atoms with Crippen molar-refractivity contribution in [2.45, 2.75) is 83.3 Å². The van der Waals surface area contributed by atoms with Crippen molar-refractivity contribution in [1.82, 2.24) is 0 Å². The van der Waals surface area contributed by atoms with Gasteiger partial charge in [-0.3, -0.25) is 0 Å². The number of aliphatic hydroxyl groups is 2. The van der Waals surface area contributed by atoms with Crippen molar-refractivity contribution >= 4 is 0 Å². The predicted molar refractivity (Wildman–Crippen MR) is 96.1 cm³/mol. The summed E-state index contributed by atoms with van der Waals surface area (Å²) < 4.78 is 0. The Bertz CT molecular complexity index is 602. The van der Waals surface area contributed by atoms with Gasteiger partial charge in [-0.25, -0.2) is 0 Å². The molecule has 0 amide bonds. The van der Waals surface area contributed by atoms with Gasteiger partial charge in [-0.2, -0.15) is 0 Å². The minimum atomic E-state index is -0.908. The quantitative estimate of drug-likeness (QED) is 0.563. The summed E-state index contributed by atoms with van der Waals surface area (Å²) in [5.41, 5.74) is 0.825. The lowest BCUT2D eigenvalue weighted by molar-refractivity contribution is -0.101. The molecule has 0 spiro atoms. The lowest BCUT2D eigenvalue weighted by Crippen LogP contribution is -2.54. The van der Waals surface area contributed by atoms with Gasteiger partial charge in [-0.05, 0) is 81.0 Å². The van der Waals surface area contributed by atoms with Crippen LogP contribution in [0.5, 0.6) is 0 Å². The van der Waals surface area contributed by atoms with E-state index in [-0.39, 0.29) is 11.5 Å². The Hall–Kier alpha value is -0.780. The maximum atomic E-state index is 11.0. The Kier molecular flexibility index (Phi) is 3.72. The van der Waals surface area contributed by atoms with Crippen molar-refractivity contribution in [3.8, 4) is 12.3 Å². The van der Waals surface area contributed by atoms with Crippen LogP contribution in [0.25, 0.3) is 0 Å². The standard InChI is InChI=1S/C22H32O2/c1-4-21-12-8-16(23)14-15(21)6-7-17-18-10-13-22(24,5-2)20(18,3)11-9-19(17)21/h2,6,16-19,23-24H,4,7-14H2,1,3H3/t16?,17-,18-,19+,20-,21-,22?/m0/s1. The summed E-state index contributed by atoms with van der Waals surface area (Å²) in [6, 6.07) is 0. The zero-order chi connectivity index (χ0) is 17.2. The second kappa shape index (κ2) is 5.36. The number of terminal acetylenes is 1. The van der Waals surface area contributed by atoms with Gasteiger partial charge in [0.25, 0.3) is 0 Å². The van der Waals surface area contributed by atoms with Gasteiger partial charge in [0.15, 0.2) is 0 Å². The molecule has 2 unspecified atom stereocenters. The van der Waals surface area contributed by atoms with Crippen LogP contribution < -0.4 is 0 Å². The van der Waals surface area contributed by atoms with E-state index in [9.17, 15) is 10.2 Å². The molecule has 4 aliphatic rings. The maximum Gasteiger partial charge on any atom is 0.130 e. The summed E-state index contributed by atoms with van der Waals surface area (Å²) in [6.07, 6.45) is 17.4. The fourth-order valence-electron chi connectivity index (χ4n) is 7.35. The van der Waals surface area contributed by atoms with E-state index in [0.717, 1.165) is 44.9 Å². The zero-order valence-corrected chi connectivity index (χ0v) is 15.2. The SMILES string of the molecule is C#CC1(O)CC[C@H]2[C@@H]3CC=C4CC(O)CC[C@]4(CC)[C@@H]3CC[C@@]21C. The molecule has 7 atom stereocenters. The van der Waals surface area contributed by atoms with Gasteiger partial charge in [0.2, 0.25) is 0 Å². The summed E-state index contributed by atoms with van der Waals surface area (Å²) in [5.74, 6) is 4.69. The monoisotopic (exact) mass is 328 g/mol. The molecule has 2 nitrogen and oxygen atoms in total. The van der Waals surface area contributed by atoms with Crippen LogP contribution in [-0.2, 0) is 0 Å². The average molecular weight is 328 g/mol. The number of hydrogen-bond acceptors (Lipinski definition) is 2. The van der Waals surface area contributed by atoms with Gasteiger partial charge in [0.1, 0.15) is 5.60 Å². The van der Waals surface area contributed by atoms with E-state index >= 15 is 0 Å². The van der Waals surface area contributed by atoms with Gasteiger partial charge in [0, 0.05) is 5.41 Å². The average Bonchev–Trinajstić information content (AvgIpc) is 2.86. The summed E-state index contributed by atoms with van der Waals surface area (Å²) in [4.78, 5) is 0. The van der Waals surface area contributed by atoms with E-state index in [2.05, 4.69) is 25.8 Å². The first-order valence-electron chi connectivity index (χ1n) is 9.98. The minimum Gasteiger partial charge on any atom is -0.393 e. The number of hydrogen-bond donors (Lipinski definition) is 2. The molecule has 24 heavy (non-hydrogen) atoms. The predicted octanol–water partition coefficient (Wildman–Crippen LogP) is 4.06. The normalized spacial score (nSPS) is 53.4. The number of fused-ring (bicyclic) bond motifs is 5. The highest BCUT2D eigenvalue weighted by atomic mass is 16.3. The third-order valence-corrected chi connectivity index (χ3v) is 8.82. The van der Waals surface area contributed by atoms with E-state index in [1.165, 1.54) is 12.8 Å². The molecular formula is C22H32O2. The first kappa shape index (κ1) is 16.7. The molecule has 132 valence electrons. The molecule has 0 heterocycles. The Morgan fingerprint density at radius 1 is 1.21 bits per heavy atom. The van der Waals surface area contributed by atoms with Gasteiger partial charge in [0.05, 0.1) is 6.10 Å². The molecule has 2 N–H and O–H groups in total. The van der Waals surface area contributed by atoms with E-state index in [1.54, 1.807) is 5.57 Å². The van der Waals surface area contributed by atoms with Crippen LogP contribution in [0.4, 0.5) is 0 Å². The minimum absolute atomic E-state index is 0.114. The molecule has 0 aromatic heterocycles. The van der Waals surface area contributed by atoms with Crippen LogP contribution in [0.15, 0.2) is 11.6 Å². The van der Waals surface area contributed by atoms with Crippen LogP contribution in [0.2, 0.25) is 0 Å². The van der Waals surface area contributed by atoms with Crippen molar-refractivity contribution in [3.05, 3.63) is 11.6 Å². The highest BCUT2D eigenvalue weighted by Gasteiger charge is 2.63. The highest BCUT2D eigenvalue weighted by Crippen LogP contribution is 2.67. The zero-order valence-electron chi connectivity index (χ0n) is 15.2. The molecule has 2 heteroatoms. The Labute approximate surface area is 146 Å². The molecule has 0 bridgehead atoms. The molecule has 4 aliphatic carbocycles. The Balaban J connectivity index is 1.72. The number of allylic oxidation sites excluding steroid dienone is 1. The van der Waals surface area contributed by atoms with Crippen molar-refractivity contribution in [1.29, 1.82) is 0 Å². The topological polar surface area (TPSA) is 40.5 Å². The van der Waals surface area contributed by atoms with Gasteiger partial charge < -0.3 is 10.2 Å². The van der Waals surface area contributed by atoms with Crippen LogP contribution >= 0.6 is 0 Å². The summed E-state index contributed by atoms with van der Waals surface area (Å²) in [5, 5.41) is 21.2. The highest BCUT2D eigenvalue weighted by molar-refractivity contribution is 5.29. The van der Waals surface area contributed by atoms with E-state index in [4.69, 9.17) is 6.42 Å². The summed E-state index contributed by atoms with van der Waals surface area (Å²) >= 11 is 0. The largest absolute Gasteiger partial charge is 0.393 e. The Morgan fingerprint density at radius 3 is 2.67 bits per heavy atom. The van der Waals surface area contributed by atoms with Crippen molar-refractivity contribution in [2.24, 2.45) is 28.6 Å². The van der Waals surface area contributed by atoms with E-state index in [1.807, 2.05) is 0 Å². The fourth-order valence-corrected chi connectivity index (χ4v) is 7.35. The van der Waals surface area contributed by atoms with Crippen molar-refractivity contribution < 1.29 is 10.2 Å². The third-order valence-electron chi connectivity index (χ3n) is 8.82. The molecule has 0 saturated heterocycles.